The fraction of sp³-hybridized carbons (Fsp3) is 0.952. The highest BCUT2D eigenvalue weighted by atomic mass is 79.9. The summed E-state index contributed by atoms with van der Waals surface area (Å²) >= 11 is 3.65. The third-order valence-electron chi connectivity index (χ3n) is 8.88. The Morgan fingerprint density at radius 1 is 1.00 bits per heavy atom. The molecule has 0 spiro atoms. The van der Waals surface area contributed by atoms with Crippen LogP contribution in [0.15, 0.2) is 0 Å². The maximum atomic E-state index is 12.2. The van der Waals surface area contributed by atoms with Gasteiger partial charge in [-0.1, -0.05) is 29.8 Å². The van der Waals surface area contributed by atoms with Crippen LogP contribution in [0.5, 0.6) is 0 Å². The van der Waals surface area contributed by atoms with Crippen molar-refractivity contribution >= 4 is 21.8 Å². The van der Waals surface area contributed by atoms with Crippen molar-refractivity contribution in [1.82, 2.24) is 5.32 Å². The van der Waals surface area contributed by atoms with Crippen LogP contribution in [0.3, 0.4) is 0 Å². The number of carbonyl (C=O) groups is 1. The first-order valence-corrected chi connectivity index (χ1v) is 11.4. The van der Waals surface area contributed by atoms with Gasteiger partial charge in [-0.2, -0.15) is 0 Å². The average Bonchev–Trinajstić information content (AvgIpc) is 3.32. The SMILES string of the molecule is C[C@]12CC(Br)C(=O)NC1CC[C@@H]1[C@H]2CC[C@]2(C)C(OC3CC3)CC[C@@H]12. The van der Waals surface area contributed by atoms with Crippen molar-refractivity contribution in [1.29, 1.82) is 0 Å². The lowest BCUT2D eigenvalue weighted by Gasteiger charge is -2.60. The van der Waals surface area contributed by atoms with Gasteiger partial charge in [0.25, 0.3) is 0 Å². The van der Waals surface area contributed by atoms with E-state index in [0.717, 1.165) is 24.2 Å². The summed E-state index contributed by atoms with van der Waals surface area (Å²) in [4.78, 5) is 12.2. The molecule has 4 aliphatic carbocycles. The number of amides is 1. The maximum absolute atomic E-state index is 12.2. The van der Waals surface area contributed by atoms with Crippen LogP contribution in [-0.4, -0.2) is 29.0 Å². The van der Waals surface area contributed by atoms with Gasteiger partial charge in [0.15, 0.2) is 0 Å². The topological polar surface area (TPSA) is 38.3 Å². The summed E-state index contributed by atoms with van der Waals surface area (Å²) in [5, 5.41) is 3.34. The van der Waals surface area contributed by atoms with Crippen LogP contribution in [0.1, 0.15) is 71.6 Å². The van der Waals surface area contributed by atoms with Gasteiger partial charge in [0.05, 0.1) is 17.0 Å². The van der Waals surface area contributed by atoms with E-state index in [9.17, 15) is 4.79 Å². The first-order chi connectivity index (χ1) is 11.9. The molecule has 5 fully saturated rings. The molecular formula is C21H32BrNO2. The smallest absolute Gasteiger partial charge is 0.234 e. The highest BCUT2D eigenvalue weighted by Crippen LogP contribution is 2.65. The molecule has 0 aromatic rings. The predicted octanol–water partition coefficient (Wildman–Crippen LogP) is 4.43. The van der Waals surface area contributed by atoms with Gasteiger partial charge in [-0.05, 0) is 86.4 Å². The van der Waals surface area contributed by atoms with Crippen molar-refractivity contribution in [3.63, 3.8) is 0 Å². The van der Waals surface area contributed by atoms with Crippen molar-refractivity contribution in [2.45, 2.75) is 94.7 Å². The van der Waals surface area contributed by atoms with E-state index in [1.54, 1.807) is 0 Å². The summed E-state index contributed by atoms with van der Waals surface area (Å²) in [6.07, 6.45) is 12.4. The second-order valence-electron chi connectivity index (χ2n) is 10.1. The Bertz CT molecular complexity index is 578. The fourth-order valence-corrected chi connectivity index (χ4v) is 8.17. The summed E-state index contributed by atoms with van der Waals surface area (Å²) in [7, 11) is 0. The number of halogens is 1. The number of carbonyl (C=O) groups excluding carboxylic acids is 1. The van der Waals surface area contributed by atoms with Crippen LogP contribution >= 0.6 is 15.9 Å². The van der Waals surface area contributed by atoms with Gasteiger partial charge < -0.3 is 10.1 Å². The second-order valence-corrected chi connectivity index (χ2v) is 11.2. The van der Waals surface area contributed by atoms with Crippen molar-refractivity contribution < 1.29 is 9.53 Å². The summed E-state index contributed by atoms with van der Waals surface area (Å²) < 4.78 is 6.47. The average molecular weight is 410 g/mol. The number of hydrogen-bond acceptors (Lipinski definition) is 2. The van der Waals surface area contributed by atoms with E-state index < -0.39 is 0 Å². The summed E-state index contributed by atoms with van der Waals surface area (Å²) in [6, 6.07) is 0.388. The predicted molar refractivity (Wildman–Crippen MR) is 102 cm³/mol. The Kier molecular flexibility index (Phi) is 3.89. The maximum Gasteiger partial charge on any atom is 0.234 e. The van der Waals surface area contributed by atoms with Crippen LogP contribution in [0.2, 0.25) is 0 Å². The lowest BCUT2D eigenvalue weighted by Crippen LogP contribution is -2.63. The van der Waals surface area contributed by atoms with Crippen molar-refractivity contribution in [2.24, 2.45) is 28.6 Å². The minimum Gasteiger partial charge on any atom is -0.374 e. The molecule has 0 aromatic carbocycles. The molecule has 1 saturated heterocycles. The monoisotopic (exact) mass is 409 g/mol. The largest absolute Gasteiger partial charge is 0.374 e. The first-order valence-electron chi connectivity index (χ1n) is 10.5. The summed E-state index contributed by atoms with van der Waals surface area (Å²) in [6.45, 7) is 5.01. The normalized spacial score (nSPS) is 55.1. The standard InChI is InChI=1S/C21H32BrNO2/c1-20-10-9-15-13(14(20)6-8-18(20)25-12-3-4-12)5-7-17-21(15,2)11-16(22)19(24)23-17/h12-18H,3-11H2,1-2H3,(H,23,24)/t13-,14-,15+,16?,17?,18?,20-,21+/m0/s1. The molecule has 5 rings (SSSR count). The minimum atomic E-state index is -0.00432. The third-order valence-corrected chi connectivity index (χ3v) is 9.62. The van der Waals surface area contributed by atoms with Crippen LogP contribution in [-0.2, 0) is 9.53 Å². The Morgan fingerprint density at radius 2 is 1.76 bits per heavy atom. The molecule has 4 heteroatoms. The highest BCUT2D eigenvalue weighted by molar-refractivity contribution is 9.10. The molecule has 140 valence electrons. The van der Waals surface area contributed by atoms with E-state index in [-0.39, 0.29) is 16.1 Å². The highest BCUT2D eigenvalue weighted by Gasteiger charge is 2.61. The van der Waals surface area contributed by atoms with Crippen molar-refractivity contribution in [3.05, 3.63) is 0 Å². The number of ether oxygens (including phenoxy) is 1. The van der Waals surface area contributed by atoms with E-state index in [2.05, 4.69) is 35.1 Å². The zero-order valence-electron chi connectivity index (χ0n) is 15.6. The van der Waals surface area contributed by atoms with Gasteiger partial charge in [-0.15, -0.1) is 0 Å². The quantitative estimate of drug-likeness (QED) is 0.684. The molecule has 3 unspecified atom stereocenters. The molecule has 8 atom stereocenters. The minimum absolute atomic E-state index is 0.00432. The molecular weight excluding hydrogens is 378 g/mol. The molecule has 25 heavy (non-hydrogen) atoms. The number of nitrogens with one attached hydrogen (secondary N) is 1. The Labute approximate surface area is 160 Å². The summed E-state index contributed by atoms with van der Waals surface area (Å²) in [5.41, 5.74) is 0.667. The molecule has 3 nitrogen and oxygen atoms in total. The lowest BCUT2D eigenvalue weighted by molar-refractivity contribution is -0.140. The molecule has 1 N–H and O–H groups in total. The summed E-state index contributed by atoms with van der Waals surface area (Å²) in [5.74, 6) is 2.65. The van der Waals surface area contributed by atoms with Gasteiger partial charge in [0.2, 0.25) is 5.91 Å². The van der Waals surface area contributed by atoms with E-state index in [1.807, 2.05) is 0 Å². The van der Waals surface area contributed by atoms with Gasteiger partial charge >= 0.3 is 0 Å². The molecule has 0 aromatic heterocycles. The second kappa shape index (κ2) is 5.70. The number of piperidine rings is 1. The van der Waals surface area contributed by atoms with Crippen LogP contribution < -0.4 is 5.32 Å². The van der Waals surface area contributed by atoms with E-state index in [1.165, 1.54) is 51.4 Å². The molecule has 1 aliphatic heterocycles. The Hall–Kier alpha value is -0.0900. The van der Waals surface area contributed by atoms with E-state index >= 15 is 0 Å². The van der Waals surface area contributed by atoms with Crippen molar-refractivity contribution in [2.75, 3.05) is 0 Å². The van der Waals surface area contributed by atoms with Crippen LogP contribution in [0, 0.1) is 28.6 Å². The van der Waals surface area contributed by atoms with Gasteiger partial charge in [-0.25, -0.2) is 0 Å². The Balaban J connectivity index is 1.40. The van der Waals surface area contributed by atoms with Crippen LogP contribution in [0.25, 0.3) is 0 Å². The third kappa shape index (κ3) is 2.49. The van der Waals surface area contributed by atoms with Gasteiger partial charge in [0, 0.05) is 6.04 Å². The lowest BCUT2D eigenvalue weighted by atomic mass is 9.47. The number of hydrogen-bond donors (Lipinski definition) is 1. The van der Waals surface area contributed by atoms with E-state index in [0.29, 0.717) is 23.7 Å². The Morgan fingerprint density at radius 3 is 2.52 bits per heavy atom. The van der Waals surface area contributed by atoms with Gasteiger partial charge in [0.1, 0.15) is 0 Å². The van der Waals surface area contributed by atoms with Crippen LogP contribution in [0.4, 0.5) is 0 Å². The first kappa shape index (κ1) is 17.0. The molecule has 5 aliphatic rings. The number of alkyl halides is 1. The van der Waals surface area contributed by atoms with E-state index in [4.69, 9.17) is 4.74 Å². The van der Waals surface area contributed by atoms with Crippen molar-refractivity contribution in [3.8, 4) is 0 Å². The zero-order chi connectivity index (χ0) is 17.4. The molecule has 0 bridgehead atoms. The molecule has 1 heterocycles. The molecule has 1 amide bonds. The zero-order valence-corrected chi connectivity index (χ0v) is 17.2. The molecule has 0 radical (unpaired) electrons. The number of fused-ring (bicyclic) bond motifs is 5. The number of rotatable bonds is 2. The molecule has 4 saturated carbocycles. The van der Waals surface area contributed by atoms with Gasteiger partial charge in [-0.3, -0.25) is 4.79 Å². The fourth-order valence-electron chi connectivity index (χ4n) is 7.34.